The zero-order valence-corrected chi connectivity index (χ0v) is 21.2. The van der Waals surface area contributed by atoms with Crippen molar-refractivity contribution in [1.29, 1.82) is 0 Å². The number of imide groups is 1. The van der Waals surface area contributed by atoms with Gasteiger partial charge in [0.25, 0.3) is 5.91 Å². The molecule has 1 aromatic heterocycles. The molecule has 0 aliphatic rings. The molecule has 0 bridgehead atoms. The lowest BCUT2D eigenvalue weighted by Gasteiger charge is -2.12. The molecular formula is C26H20F2N2O5S2. The van der Waals surface area contributed by atoms with E-state index in [1.165, 1.54) is 18.2 Å². The van der Waals surface area contributed by atoms with Gasteiger partial charge in [-0.1, -0.05) is 6.07 Å². The summed E-state index contributed by atoms with van der Waals surface area (Å²) in [5.41, 5.74) is 0.939. The number of urea groups is 1. The van der Waals surface area contributed by atoms with Crippen LogP contribution < -0.4 is 15.4 Å². The summed E-state index contributed by atoms with van der Waals surface area (Å²) >= 11 is 1.16. The summed E-state index contributed by atoms with van der Waals surface area (Å²) in [6.07, 6.45) is 0. The van der Waals surface area contributed by atoms with E-state index in [-0.39, 0.29) is 9.10 Å². The van der Waals surface area contributed by atoms with Crippen molar-refractivity contribution >= 4 is 38.8 Å². The molecule has 1 heterocycles. The first-order valence-corrected chi connectivity index (χ1v) is 13.2. The standard InChI is InChI=1S/C26H20F2N2O5S2/c1-15-12-23(36-14-15)37(33,34)19-9-7-18(8-10-19)35-22-11-6-17(13-16(22)2)29-26(32)30-25(31)24-20(27)4-3-5-21(24)28/h3-14H,1-2H3,(H2,29,30,31,32). The molecule has 0 saturated carbocycles. The molecular weight excluding hydrogens is 522 g/mol. The van der Waals surface area contributed by atoms with Gasteiger partial charge in [0.15, 0.2) is 0 Å². The second kappa shape index (κ2) is 10.5. The van der Waals surface area contributed by atoms with Crippen molar-refractivity contribution in [3.05, 3.63) is 100 Å². The first-order valence-electron chi connectivity index (χ1n) is 10.8. The molecule has 0 spiro atoms. The van der Waals surface area contributed by atoms with E-state index in [1.807, 2.05) is 12.2 Å². The minimum absolute atomic E-state index is 0.147. The number of amides is 3. The number of rotatable bonds is 6. The number of aryl methyl sites for hydroxylation is 2. The molecule has 3 aromatic carbocycles. The van der Waals surface area contributed by atoms with E-state index in [2.05, 4.69) is 5.32 Å². The summed E-state index contributed by atoms with van der Waals surface area (Å²) in [4.78, 5) is 24.4. The fourth-order valence-electron chi connectivity index (χ4n) is 3.36. The number of thiophene rings is 1. The Labute approximate surface area is 215 Å². The molecule has 4 aromatic rings. The molecule has 0 unspecified atom stereocenters. The Kier molecular flexibility index (Phi) is 7.37. The first kappa shape index (κ1) is 26.0. The van der Waals surface area contributed by atoms with Crippen molar-refractivity contribution in [3.63, 3.8) is 0 Å². The number of nitrogens with one attached hydrogen (secondary N) is 2. The quantitative estimate of drug-likeness (QED) is 0.301. The van der Waals surface area contributed by atoms with E-state index >= 15 is 0 Å². The van der Waals surface area contributed by atoms with Crippen LogP contribution in [0.3, 0.4) is 0 Å². The van der Waals surface area contributed by atoms with Crippen molar-refractivity contribution in [3.8, 4) is 11.5 Å². The van der Waals surface area contributed by atoms with Crippen LogP contribution in [0.15, 0.2) is 81.2 Å². The molecule has 0 fully saturated rings. The number of ether oxygens (including phenoxy) is 1. The zero-order valence-electron chi connectivity index (χ0n) is 19.5. The summed E-state index contributed by atoms with van der Waals surface area (Å²) in [5.74, 6) is -2.55. The maximum atomic E-state index is 13.7. The van der Waals surface area contributed by atoms with E-state index in [1.54, 1.807) is 42.6 Å². The Hall–Kier alpha value is -4.09. The van der Waals surface area contributed by atoms with Crippen molar-refractivity contribution in [2.75, 3.05) is 5.32 Å². The SMILES string of the molecule is Cc1csc(S(=O)(=O)c2ccc(Oc3ccc(NC(=O)NC(=O)c4c(F)cccc4F)cc3C)cc2)c1. The molecule has 0 saturated heterocycles. The van der Waals surface area contributed by atoms with E-state index in [9.17, 15) is 26.8 Å². The van der Waals surface area contributed by atoms with E-state index < -0.39 is 39.0 Å². The van der Waals surface area contributed by atoms with Gasteiger partial charge in [-0.2, -0.15) is 0 Å². The Morgan fingerprint density at radius 2 is 1.59 bits per heavy atom. The molecule has 0 aliphatic heterocycles. The molecule has 0 aliphatic carbocycles. The van der Waals surface area contributed by atoms with Gasteiger partial charge in [0.2, 0.25) is 9.84 Å². The summed E-state index contributed by atoms with van der Waals surface area (Å²) in [6, 6.07) is 14.2. The Bertz CT molecular complexity index is 1580. The van der Waals surface area contributed by atoms with Crippen molar-refractivity contribution in [2.45, 2.75) is 23.0 Å². The van der Waals surface area contributed by atoms with Crippen LogP contribution in [0.2, 0.25) is 0 Å². The smallest absolute Gasteiger partial charge is 0.326 e. The number of hydrogen-bond acceptors (Lipinski definition) is 6. The monoisotopic (exact) mass is 542 g/mol. The van der Waals surface area contributed by atoms with Crippen LogP contribution in [0, 0.1) is 25.5 Å². The highest BCUT2D eigenvalue weighted by molar-refractivity contribution is 7.93. The largest absolute Gasteiger partial charge is 0.457 e. The first-order chi connectivity index (χ1) is 17.5. The van der Waals surface area contributed by atoms with Crippen LogP contribution in [0.1, 0.15) is 21.5 Å². The minimum Gasteiger partial charge on any atom is -0.457 e. The molecule has 11 heteroatoms. The van der Waals surface area contributed by atoms with Crippen molar-refractivity contribution in [2.24, 2.45) is 0 Å². The molecule has 3 amide bonds. The molecule has 190 valence electrons. The molecule has 4 rings (SSSR count). The van der Waals surface area contributed by atoms with Gasteiger partial charge in [-0.15, -0.1) is 11.3 Å². The van der Waals surface area contributed by atoms with Gasteiger partial charge >= 0.3 is 6.03 Å². The lowest BCUT2D eigenvalue weighted by Crippen LogP contribution is -2.35. The normalized spacial score (nSPS) is 11.1. The summed E-state index contributed by atoms with van der Waals surface area (Å²) in [7, 11) is -3.61. The van der Waals surface area contributed by atoms with Crippen LogP contribution in [-0.2, 0) is 9.84 Å². The third-order valence-electron chi connectivity index (χ3n) is 5.18. The Morgan fingerprint density at radius 3 is 2.19 bits per heavy atom. The molecule has 7 nitrogen and oxygen atoms in total. The van der Waals surface area contributed by atoms with Gasteiger partial charge in [0.1, 0.15) is 32.9 Å². The third-order valence-corrected chi connectivity index (χ3v) is 8.51. The maximum Gasteiger partial charge on any atom is 0.326 e. The predicted molar refractivity (Wildman–Crippen MR) is 135 cm³/mol. The Morgan fingerprint density at radius 1 is 0.919 bits per heavy atom. The minimum atomic E-state index is -3.61. The average Bonchev–Trinajstić information content (AvgIpc) is 3.28. The van der Waals surface area contributed by atoms with Gasteiger partial charge in [-0.05, 0) is 91.0 Å². The van der Waals surface area contributed by atoms with Gasteiger partial charge in [-0.3, -0.25) is 10.1 Å². The molecule has 0 atom stereocenters. The van der Waals surface area contributed by atoms with E-state index in [0.717, 1.165) is 35.1 Å². The van der Waals surface area contributed by atoms with Crippen LogP contribution >= 0.6 is 11.3 Å². The fraction of sp³-hybridized carbons (Fsp3) is 0.0769. The van der Waals surface area contributed by atoms with Crippen LogP contribution in [0.25, 0.3) is 0 Å². The number of benzene rings is 3. The second-order valence-electron chi connectivity index (χ2n) is 8.01. The number of anilines is 1. The highest BCUT2D eigenvalue weighted by atomic mass is 32.2. The lowest BCUT2D eigenvalue weighted by molar-refractivity contribution is 0.0959. The second-order valence-corrected chi connectivity index (χ2v) is 11.1. The number of carbonyl (C=O) groups excluding carboxylic acids is 2. The summed E-state index contributed by atoms with van der Waals surface area (Å²) < 4.78 is 59.1. The van der Waals surface area contributed by atoms with Gasteiger partial charge in [0.05, 0.1) is 4.90 Å². The number of carbonyl (C=O) groups is 2. The van der Waals surface area contributed by atoms with Crippen molar-refractivity contribution < 1.29 is 31.5 Å². The third kappa shape index (κ3) is 5.84. The number of sulfone groups is 1. The van der Waals surface area contributed by atoms with Crippen LogP contribution in [0.4, 0.5) is 19.3 Å². The van der Waals surface area contributed by atoms with Crippen LogP contribution in [-0.4, -0.2) is 20.4 Å². The van der Waals surface area contributed by atoms with E-state index in [4.69, 9.17) is 4.74 Å². The lowest BCUT2D eigenvalue weighted by atomic mass is 10.2. The van der Waals surface area contributed by atoms with Gasteiger partial charge < -0.3 is 10.1 Å². The van der Waals surface area contributed by atoms with Gasteiger partial charge in [-0.25, -0.2) is 22.0 Å². The zero-order chi connectivity index (χ0) is 26.7. The van der Waals surface area contributed by atoms with Crippen molar-refractivity contribution in [1.82, 2.24) is 5.32 Å². The van der Waals surface area contributed by atoms with Crippen LogP contribution in [0.5, 0.6) is 11.5 Å². The fourth-order valence-corrected chi connectivity index (χ4v) is 5.99. The molecule has 2 N–H and O–H groups in total. The molecule has 0 radical (unpaired) electrons. The topological polar surface area (TPSA) is 102 Å². The summed E-state index contributed by atoms with van der Waals surface area (Å²) in [5, 5.41) is 6.07. The van der Waals surface area contributed by atoms with E-state index in [0.29, 0.717) is 22.7 Å². The Balaban J connectivity index is 1.41. The highest BCUT2D eigenvalue weighted by Gasteiger charge is 2.20. The number of hydrogen-bond donors (Lipinski definition) is 2. The highest BCUT2D eigenvalue weighted by Crippen LogP contribution is 2.31. The average molecular weight is 543 g/mol. The maximum absolute atomic E-state index is 13.7. The number of halogens is 2. The molecule has 37 heavy (non-hydrogen) atoms. The predicted octanol–water partition coefficient (Wildman–Crippen LogP) is 6.23. The van der Waals surface area contributed by atoms with Gasteiger partial charge in [0, 0.05) is 5.69 Å². The summed E-state index contributed by atoms with van der Waals surface area (Å²) in [6.45, 7) is 3.55.